The van der Waals surface area contributed by atoms with Gasteiger partial charge in [0.05, 0.1) is 51.6 Å². The number of nitriles is 1. The van der Waals surface area contributed by atoms with E-state index in [2.05, 4.69) is 5.32 Å². The lowest BCUT2D eigenvalue weighted by atomic mass is 9.94. The van der Waals surface area contributed by atoms with E-state index in [-0.39, 0.29) is 39.5 Å². The van der Waals surface area contributed by atoms with Crippen molar-refractivity contribution < 1.29 is 31.2 Å². The number of alkyl halides is 3. The molecule has 0 saturated carbocycles. The van der Waals surface area contributed by atoms with Gasteiger partial charge in [-0.25, -0.2) is 13.2 Å². The summed E-state index contributed by atoms with van der Waals surface area (Å²) in [6, 6.07) is 7.83. The summed E-state index contributed by atoms with van der Waals surface area (Å²) in [6.45, 7) is -0.0706. The Balaban J connectivity index is 1.92. The fourth-order valence-electron chi connectivity index (χ4n) is 4.07. The van der Waals surface area contributed by atoms with Crippen LogP contribution in [0.4, 0.5) is 23.7 Å². The fraction of sp³-hybridized carbons (Fsp3) is 0.227. The van der Waals surface area contributed by atoms with Crippen molar-refractivity contribution in [2.45, 2.75) is 17.1 Å². The van der Waals surface area contributed by atoms with E-state index in [1.165, 1.54) is 30.1 Å². The van der Waals surface area contributed by atoms with E-state index >= 15 is 0 Å². The summed E-state index contributed by atoms with van der Waals surface area (Å²) in [6.07, 6.45) is -3.71. The minimum Gasteiger partial charge on any atom is -0.336 e. The molecule has 3 amide bonds. The molecule has 0 fully saturated rings. The first-order valence-corrected chi connectivity index (χ1v) is 11.7. The topological polar surface area (TPSA) is 111 Å². The number of urea groups is 1. The molecule has 0 radical (unpaired) electrons. The van der Waals surface area contributed by atoms with Crippen LogP contribution in [0.2, 0.25) is 0 Å². The highest BCUT2D eigenvalue weighted by Gasteiger charge is 2.45. The van der Waals surface area contributed by atoms with Gasteiger partial charge in [-0.1, -0.05) is 12.1 Å². The molecule has 8 nitrogen and oxygen atoms in total. The van der Waals surface area contributed by atoms with Crippen molar-refractivity contribution in [3.63, 3.8) is 0 Å². The first kappa shape index (κ1) is 23.3. The summed E-state index contributed by atoms with van der Waals surface area (Å²) in [5, 5.41) is 11.7. The quantitative estimate of drug-likeness (QED) is 0.711. The van der Waals surface area contributed by atoms with E-state index in [4.69, 9.17) is 5.26 Å². The van der Waals surface area contributed by atoms with Crippen LogP contribution in [0.1, 0.15) is 22.7 Å². The van der Waals surface area contributed by atoms with Gasteiger partial charge < -0.3 is 10.2 Å². The Kier molecular flexibility index (Phi) is 5.40. The van der Waals surface area contributed by atoms with Gasteiger partial charge >= 0.3 is 12.2 Å². The minimum absolute atomic E-state index is 0.0362. The smallest absolute Gasteiger partial charge is 0.336 e. The number of nitrogens with one attached hydrogen (secondary N) is 1. The van der Waals surface area contributed by atoms with Gasteiger partial charge in [0.15, 0.2) is 9.84 Å². The van der Waals surface area contributed by atoms with Crippen LogP contribution in [0, 0.1) is 11.3 Å². The van der Waals surface area contributed by atoms with E-state index in [9.17, 15) is 31.2 Å². The maximum absolute atomic E-state index is 13.3. The molecule has 0 spiro atoms. The number of amides is 3. The lowest BCUT2D eigenvalue weighted by molar-refractivity contribution is -0.137. The summed E-state index contributed by atoms with van der Waals surface area (Å²) < 4.78 is 64.7. The Morgan fingerprint density at radius 1 is 1.15 bits per heavy atom. The van der Waals surface area contributed by atoms with E-state index in [1.54, 1.807) is 0 Å². The van der Waals surface area contributed by atoms with E-state index in [0.29, 0.717) is 0 Å². The molecule has 1 unspecified atom stereocenters. The van der Waals surface area contributed by atoms with E-state index in [1.807, 2.05) is 6.07 Å². The molecule has 2 aliphatic heterocycles. The number of sulfone groups is 1. The number of anilines is 1. The first-order chi connectivity index (χ1) is 15.8. The molecule has 2 heterocycles. The predicted octanol–water partition coefficient (Wildman–Crippen LogP) is 2.98. The third-order valence-electron chi connectivity index (χ3n) is 5.59. The van der Waals surface area contributed by atoms with Crippen LogP contribution >= 0.6 is 0 Å². The van der Waals surface area contributed by atoms with Gasteiger partial charge in [0, 0.05) is 13.3 Å². The highest BCUT2D eigenvalue weighted by atomic mass is 32.2. The van der Waals surface area contributed by atoms with Gasteiger partial charge in [-0.3, -0.25) is 9.69 Å². The molecule has 12 heteroatoms. The molecule has 2 aromatic carbocycles. The normalized spacial score (nSPS) is 18.6. The molecule has 2 aromatic rings. The van der Waals surface area contributed by atoms with Crippen LogP contribution in [0.15, 0.2) is 58.6 Å². The highest BCUT2D eigenvalue weighted by molar-refractivity contribution is 7.90. The number of likely N-dealkylation sites (N-methyl/N-ethyl adjacent to an activating group) is 1. The van der Waals surface area contributed by atoms with Crippen molar-refractivity contribution in [1.82, 2.24) is 10.2 Å². The Bertz CT molecular complexity index is 1410. The maximum atomic E-state index is 13.3. The molecule has 1 atom stereocenters. The largest absolute Gasteiger partial charge is 0.416 e. The summed E-state index contributed by atoms with van der Waals surface area (Å²) >= 11 is 0. The van der Waals surface area contributed by atoms with Crippen molar-refractivity contribution in [3.05, 3.63) is 70.4 Å². The number of nitrogens with zero attached hydrogens (tertiary/aromatic N) is 3. The van der Waals surface area contributed by atoms with Crippen molar-refractivity contribution >= 4 is 27.5 Å². The summed E-state index contributed by atoms with van der Waals surface area (Å²) in [4.78, 5) is 28.2. The second-order valence-corrected chi connectivity index (χ2v) is 9.91. The number of benzene rings is 2. The Morgan fingerprint density at radius 2 is 1.85 bits per heavy atom. The summed E-state index contributed by atoms with van der Waals surface area (Å²) in [5.74, 6) is -0.513. The van der Waals surface area contributed by atoms with Crippen LogP contribution in [0.5, 0.6) is 0 Å². The van der Waals surface area contributed by atoms with E-state index in [0.717, 1.165) is 35.4 Å². The highest BCUT2D eigenvalue weighted by Crippen LogP contribution is 2.41. The molecule has 0 aliphatic carbocycles. The molecule has 0 bridgehead atoms. The zero-order valence-corrected chi connectivity index (χ0v) is 18.7. The van der Waals surface area contributed by atoms with Gasteiger partial charge in [-0.15, -0.1) is 0 Å². The van der Waals surface area contributed by atoms with Crippen molar-refractivity contribution in [1.29, 1.82) is 5.26 Å². The predicted molar refractivity (Wildman–Crippen MR) is 114 cm³/mol. The monoisotopic (exact) mass is 490 g/mol. The Labute approximate surface area is 192 Å². The lowest BCUT2D eigenvalue weighted by Gasteiger charge is -2.34. The third kappa shape index (κ3) is 3.88. The molecule has 34 heavy (non-hydrogen) atoms. The van der Waals surface area contributed by atoms with Crippen LogP contribution in [-0.4, -0.2) is 45.1 Å². The average molecular weight is 490 g/mol. The van der Waals surface area contributed by atoms with Gasteiger partial charge in [-0.05, 0) is 35.9 Å². The van der Waals surface area contributed by atoms with Crippen LogP contribution in [-0.2, 0) is 20.8 Å². The van der Waals surface area contributed by atoms with Crippen molar-refractivity contribution in [3.8, 4) is 6.07 Å². The molecular formula is C22H17F3N4O4S. The molecule has 1 N–H and O–H groups in total. The molecule has 4 rings (SSSR count). The lowest BCUT2D eigenvalue weighted by Crippen LogP contribution is -2.47. The third-order valence-corrected chi connectivity index (χ3v) is 6.74. The van der Waals surface area contributed by atoms with Gasteiger partial charge in [-0.2, -0.15) is 18.4 Å². The van der Waals surface area contributed by atoms with Crippen LogP contribution in [0.25, 0.3) is 0 Å². The number of hydrogen-bond acceptors (Lipinski definition) is 5. The first-order valence-electron chi connectivity index (χ1n) is 9.83. The standard InChI is InChI=1S/C22H17F3N4O4S/c1-28-11-16-18(20(28)30)19(15-7-6-12(10-26)8-17(15)34(2,32)33)27-21(31)29(16)14-5-3-4-13(9-14)22(23,24)25/h3-9,19H,11H2,1-2H3,(H,27,31). The SMILES string of the molecule is CN1CC2=C(C1=O)C(c1ccc(C#N)cc1S(C)(=O)=O)NC(=O)N2c1cccc(C(F)(F)F)c1. The second kappa shape index (κ2) is 7.88. The van der Waals surface area contributed by atoms with Crippen molar-refractivity contribution in [2.24, 2.45) is 0 Å². The summed E-state index contributed by atoms with van der Waals surface area (Å²) in [5.41, 5.74) is -0.732. The number of hydrogen-bond donors (Lipinski definition) is 1. The molecular weight excluding hydrogens is 473 g/mol. The van der Waals surface area contributed by atoms with Crippen LogP contribution in [0.3, 0.4) is 0 Å². The fourth-order valence-corrected chi connectivity index (χ4v) is 5.02. The maximum Gasteiger partial charge on any atom is 0.416 e. The number of carbonyl (C=O) groups excluding carboxylic acids is 2. The summed E-state index contributed by atoms with van der Waals surface area (Å²) in [7, 11) is -2.41. The van der Waals surface area contributed by atoms with Gasteiger partial charge in [0.25, 0.3) is 5.91 Å². The molecule has 176 valence electrons. The second-order valence-electron chi connectivity index (χ2n) is 7.92. The zero-order valence-electron chi connectivity index (χ0n) is 17.8. The zero-order chi connectivity index (χ0) is 25.0. The van der Waals surface area contributed by atoms with E-state index < -0.39 is 39.6 Å². The Hall–Kier alpha value is -3.85. The number of rotatable bonds is 3. The Morgan fingerprint density at radius 3 is 2.47 bits per heavy atom. The molecule has 0 saturated heterocycles. The van der Waals surface area contributed by atoms with Crippen LogP contribution < -0.4 is 10.2 Å². The van der Waals surface area contributed by atoms with Crippen molar-refractivity contribution in [2.75, 3.05) is 24.7 Å². The number of carbonyl (C=O) groups is 2. The number of halogens is 3. The molecule has 0 aromatic heterocycles. The van der Waals surface area contributed by atoms with Gasteiger partial charge in [0.2, 0.25) is 0 Å². The average Bonchev–Trinajstić information content (AvgIpc) is 3.05. The molecule has 2 aliphatic rings. The van der Waals surface area contributed by atoms with Gasteiger partial charge in [0.1, 0.15) is 0 Å². The minimum atomic E-state index is -4.64.